The number of carbonyl (C=O) groups excluding carboxylic acids is 1. The Balaban J connectivity index is 1.61. The smallest absolute Gasteiger partial charge is 0.269 e. The Morgan fingerprint density at radius 2 is 1.87 bits per heavy atom. The molecule has 0 N–H and O–H groups in total. The molecule has 1 atom stereocenters. The van der Waals surface area contributed by atoms with Gasteiger partial charge < -0.3 is 9.64 Å². The van der Waals surface area contributed by atoms with Gasteiger partial charge in [0.1, 0.15) is 11.8 Å². The van der Waals surface area contributed by atoms with Crippen molar-refractivity contribution in [2.75, 3.05) is 26.2 Å². The van der Waals surface area contributed by atoms with Crippen LogP contribution in [0.15, 0.2) is 48.5 Å². The number of hydrogen-bond donors (Lipinski definition) is 0. The average Bonchev–Trinajstić information content (AvgIpc) is 2.77. The second kappa shape index (κ2) is 10.0. The zero-order chi connectivity index (χ0) is 22.4. The van der Waals surface area contributed by atoms with Crippen LogP contribution in [0.2, 0.25) is 0 Å². The molecule has 8 nitrogen and oxygen atoms in total. The van der Waals surface area contributed by atoms with Crippen molar-refractivity contribution in [3.8, 4) is 11.8 Å². The number of carbonyl (C=O) groups is 1. The van der Waals surface area contributed by atoms with Crippen molar-refractivity contribution in [1.29, 1.82) is 5.26 Å². The van der Waals surface area contributed by atoms with Gasteiger partial charge in [-0.1, -0.05) is 38.1 Å². The number of para-hydroxylation sites is 1. The Kier molecular flexibility index (Phi) is 7.21. The predicted molar refractivity (Wildman–Crippen MR) is 115 cm³/mol. The van der Waals surface area contributed by atoms with Crippen molar-refractivity contribution >= 4 is 11.6 Å². The summed E-state index contributed by atoms with van der Waals surface area (Å²) in [6.07, 6.45) is -0.669. The maximum atomic E-state index is 13.2. The zero-order valence-electron chi connectivity index (χ0n) is 17.7. The van der Waals surface area contributed by atoms with Crippen LogP contribution < -0.4 is 4.74 Å². The van der Waals surface area contributed by atoms with Gasteiger partial charge in [-0.3, -0.25) is 19.8 Å². The number of nitro benzene ring substituents is 1. The molecule has 1 amide bonds. The topological polar surface area (TPSA) is 99.7 Å². The molecule has 3 rings (SSSR count). The van der Waals surface area contributed by atoms with Crippen LogP contribution in [0.1, 0.15) is 25.0 Å². The molecule has 162 valence electrons. The molecular weight excluding hydrogens is 396 g/mol. The number of nitrogens with zero attached hydrogens (tertiary/aromatic N) is 4. The molecule has 31 heavy (non-hydrogen) atoms. The van der Waals surface area contributed by atoms with E-state index in [1.165, 1.54) is 6.07 Å². The molecule has 1 aliphatic heterocycles. The van der Waals surface area contributed by atoms with Gasteiger partial charge in [-0.25, -0.2) is 0 Å². The Morgan fingerprint density at radius 1 is 1.16 bits per heavy atom. The molecule has 2 aromatic carbocycles. The highest BCUT2D eigenvalue weighted by atomic mass is 16.6. The third-order valence-electron chi connectivity index (χ3n) is 5.32. The van der Waals surface area contributed by atoms with Crippen molar-refractivity contribution < 1.29 is 14.5 Å². The van der Waals surface area contributed by atoms with Crippen LogP contribution in [-0.2, 0) is 11.3 Å². The molecule has 0 radical (unpaired) electrons. The molecule has 0 aromatic heterocycles. The molecule has 1 saturated heterocycles. The normalized spacial score (nSPS) is 15.4. The summed E-state index contributed by atoms with van der Waals surface area (Å²) in [5.74, 6) is 0.279. The Hall–Kier alpha value is -3.44. The summed E-state index contributed by atoms with van der Waals surface area (Å²) in [5, 5.41) is 20.3. The predicted octanol–water partition coefficient (Wildman–Crippen LogP) is 3.21. The third-order valence-corrected chi connectivity index (χ3v) is 5.32. The van der Waals surface area contributed by atoms with E-state index in [1.807, 2.05) is 19.9 Å². The Bertz CT molecular complexity index is 978. The first kappa shape index (κ1) is 22.2. The van der Waals surface area contributed by atoms with Gasteiger partial charge in [0.2, 0.25) is 0 Å². The van der Waals surface area contributed by atoms with E-state index < -0.39 is 11.0 Å². The summed E-state index contributed by atoms with van der Waals surface area (Å²) in [7, 11) is 0. The standard InChI is InChI=1S/C23H26N4O4/c1-17(2)22(31-21-9-4-3-7-19(21)15-24)23(28)26-12-10-25(11-13-26)16-18-6-5-8-20(14-18)27(29)30/h3-9,14,17,22H,10-13,16H2,1-2H3. The molecule has 0 bridgehead atoms. The van der Waals surface area contributed by atoms with Crippen molar-refractivity contribution in [2.45, 2.75) is 26.5 Å². The minimum absolute atomic E-state index is 0.0536. The number of nitro groups is 1. The number of hydrogen-bond acceptors (Lipinski definition) is 6. The second-order valence-electron chi connectivity index (χ2n) is 7.92. The van der Waals surface area contributed by atoms with Crippen LogP contribution in [0.25, 0.3) is 0 Å². The summed E-state index contributed by atoms with van der Waals surface area (Å²) in [6, 6.07) is 15.7. The quantitative estimate of drug-likeness (QED) is 0.502. The van der Waals surface area contributed by atoms with E-state index in [-0.39, 0.29) is 17.5 Å². The Morgan fingerprint density at radius 3 is 2.52 bits per heavy atom. The average molecular weight is 422 g/mol. The van der Waals surface area contributed by atoms with Crippen LogP contribution in [0.4, 0.5) is 5.69 Å². The second-order valence-corrected chi connectivity index (χ2v) is 7.92. The molecule has 2 aromatic rings. The van der Waals surface area contributed by atoms with Crippen LogP contribution in [-0.4, -0.2) is 52.9 Å². The lowest BCUT2D eigenvalue weighted by Crippen LogP contribution is -2.53. The van der Waals surface area contributed by atoms with E-state index in [4.69, 9.17) is 4.74 Å². The molecule has 1 unspecified atom stereocenters. The maximum Gasteiger partial charge on any atom is 0.269 e. The fraction of sp³-hybridized carbons (Fsp3) is 0.391. The van der Waals surface area contributed by atoms with E-state index >= 15 is 0 Å². The molecule has 1 aliphatic rings. The molecule has 1 heterocycles. The summed E-state index contributed by atoms with van der Waals surface area (Å²) in [4.78, 5) is 27.7. The number of rotatable bonds is 7. The first-order chi connectivity index (χ1) is 14.9. The van der Waals surface area contributed by atoms with Gasteiger partial charge in [0.15, 0.2) is 6.10 Å². The lowest BCUT2D eigenvalue weighted by molar-refractivity contribution is -0.384. The lowest BCUT2D eigenvalue weighted by Gasteiger charge is -2.37. The SMILES string of the molecule is CC(C)C(Oc1ccccc1C#N)C(=O)N1CCN(Cc2cccc([N+](=O)[O-])c2)CC1. The van der Waals surface area contributed by atoms with Gasteiger partial charge in [0.25, 0.3) is 11.6 Å². The number of ether oxygens (including phenoxy) is 1. The summed E-state index contributed by atoms with van der Waals surface area (Å²) >= 11 is 0. The minimum atomic E-state index is -0.669. The van der Waals surface area contributed by atoms with Crippen molar-refractivity contribution in [1.82, 2.24) is 9.80 Å². The number of benzene rings is 2. The van der Waals surface area contributed by atoms with Gasteiger partial charge in [0, 0.05) is 44.9 Å². The molecule has 8 heteroatoms. The highest BCUT2D eigenvalue weighted by Gasteiger charge is 2.31. The largest absolute Gasteiger partial charge is 0.479 e. The highest BCUT2D eigenvalue weighted by molar-refractivity contribution is 5.81. The molecular formula is C23H26N4O4. The fourth-order valence-electron chi connectivity index (χ4n) is 3.60. The molecule has 0 aliphatic carbocycles. The van der Waals surface area contributed by atoms with E-state index in [0.29, 0.717) is 44.0 Å². The maximum absolute atomic E-state index is 13.2. The van der Waals surface area contributed by atoms with E-state index in [9.17, 15) is 20.2 Å². The monoisotopic (exact) mass is 422 g/mol. The summed E-state index contributed by atoms with van der Waals surface area (Å²) in [5.41, 5.74) is 1.37. The van der Waals surface area contributed by atoms with Crippen LogP contribution in [0.5, 0.6) is 5.75 Å². The third kappa shape index (κ3) is 5.58. The van der Waals surface area contributed by atoms with Crippen LogP contribution in [0, 0.1) is 27.4 Å². The van der Waals surface area contributed by atoms with E-state index in [1.54, 1.807) is 41.3 Å². The molecule has 0 saturated carbocycles. The lowest BCUT2D eigenvalue weighted by atomic mass is 10.0. The number of amides is 1. The van der Waals surface area contributed by atoms with Crippen molar-refractivity contribution in [3.05, 3.63) is 69.8 Å². The van der Waals surface area contributed by atoms with Crippen molar-refractivity contribution in [2.24, 2.45) is 5.92 Å². The van der Waals surface area contributed by atoms with Crippen LogP contribution >= 0.6 is 0 Å². The number of piperazine rings is 1. The summed E-state index contributed by atoms with van der Waals surface area (Å²) in [6.45, 7) is 6.91. The highest BCUT2D eigenvalue weighted by Crippen LogP contribution is 2.22. The number of nitriles is 1. The van der Waals surface area contributed by atoms with Gasteiger partial charge in [-0.15, -0.1) is 0 Å². The van der Waals surface area contributed by atoms with Gasteiger partial charge in [0.05, 0.1) is 10.5 Å². The van der Waals surface area contributed by atoms with Crippen molar-refractivity contribution in [3.63, 3.8) is 0 Å². The minimum Gasteiger partial charge on any atom is -0.479 e. The van der Waals surface area contributed by atoms with E-state index in [0.717, 1.165) is 5.56 Å². The first-order valence-corrected chi connectivity index (χ1v) is 10.3. The fourth-order valence-corrected chi connectivity index (χ4v) is 3.60. The summed E-state index contributed by atoms with van der Waals surface area (Å²) < 4.78 is 5.98. The molecule has 1 fully saturated rings. The molecule has 0 spiro atoms. The van der Waals surface area contributed by atoms with Gasteiger partial charge in [-0.2, -0.15) is 5.26 Å². The van der Waals surface area contributed by atoms with Gasteiger partial charge in [-0.05, 0) is 23.6 Å². The van der Waals surface area contributed by atoms with E-state index in [2.05, 4.69) is 11.0 Å². The van der Waals surface area contributed by atoms with Gasteiger partial charge >= 0.3 is 0 Å². The zero-order valence-corrected chi connectivity index (χ0v) is 17.7. The first-order valence-electron chi connectivity index (χ1n) is 10.3. The van der Waals surface area contributed by atoms with Crippen LogP contribution in [0.3, 0.4) is 0 Å². The number of non-ortho nitro benzene ring substituents is 1. The Labute approximate surface area is 181 Å².